The number of hydrogen-bond donors (Lipinski definition) is 2. The predicted molar refractivity (Wildman–Crippen MR) is 104 cm³/mol. The van der Waals surface area contributed by atoms with Gasteiger partial charge in [0.1, 0.15) is 10.7 Å². The molecular weight excluding hydrogens is 354 g/mol. The lowest BCUT2D eigenvalue weighted by Crippen LogP contribution is -2.11. The molecule has 0 fully saturated rings. The molecule has 1 rings (SSSR count). The van der Waals surface area contributed by atoms with Crippen molar-refractivity contribution in [3.63, 3.8) is 0 Å². The minimum atomic E-state index is -3.69. The fourth-order valence-corrected chi connectivity index (χ4v) is 3.03. The summed E-state index contributed by atoms with van der Waals surface area (Å²) in [4.78, 5) is 11.3. The molecule has 0 aliphatic rings. The van der Waals surface area contributed by atoms with Crippen molar-refractivity contribution in [2.24, 2.45) is 0 Å². The number of carboxylic acids is 1. The third-order valence-corrected chi connectivity index (χ3v) is 4.71. The van der Waals surface area contributed by atoms with Gasteiger partial charge in [0.2, 0.25) is 0 Å². The van der Waals surface area contributed by atoms with E-state index in [1.165, 1.54) is 6.07 Å². The molecular formula is C19H27NO5S. The summed E-state index contributed by atoms with van der Waals surface area (Å²) in [6.45, 7) is 6.37. The maximum Gasteiger partial charge on any atom is 0.335 e. The summed E-state index contributed by atoms with van der Waals surface area (Å²) in [5, 5.41) is 12.4. The molecule has 2 N–H and O–H groups in total. The molecule has 0 aliphatic heterocycles. The van der Waals surface area contributed by atoms with Crippen molar-refractivity contribution in [2.45, 2.75) is 44.9 Å². The second-order valence-corrected chi connectivity index (χ2v) is 7.81. The minimum Gasteiger partial charge on any atom is -0.478 e. The molecule has 1 aromatic rings. The molecule has 0 aromatic heterocycles. The van der Waals surface area contributed by atoms with Gasteiger partial charge in [-0.1, -0.05) is 32.4 Å². The van der Waals surface area contributed by atoms with Gasteiger partial charge in [-0.3, -0.25) is 0 Å². The van der Waals surface area contributed by atoms with Crippen LogP contribution in [-0.4, -0.2) is 32.3 Å². The van der Waals surface area contributed by atoms with Gasteiger partial charge < -0.3 is 15.2 Å². The van der Waals surface area contributed by atoms with E-state index in [1.54, 1.807) is 12.2 Å². The largest absolute Gasteiger partial charge is 0.478 e. The summed E-state index contributed by atoms with van der Waals surface area (Å²) < 4.78 is 30.4. The van der Waals surface area contributed by atoms with Crippen LogP contribution in [0.25, 0.3) is 0 Å². The second kappa shape index (κ2) is 10.0. The smallest absolute Gasteiger partial charge is 0.335 e. The monoisotopic (exact) mass is 381 g/mol. The van der Waals surface area contributed by atoms with E-state index in [1.807, 2.05) is 26.8 Å². The Labute approximate surface area is 155 Å². The van der Waals surface area contributed by atoms with Gasteiger partial charge in [-0.2, -0.15) is 0 Å². The number of rotatable bonds is 10. The van der Waals surface area contributed by atoms with E-state index in [0.717, 1.165) is 25.2 Å². The molecule has 0 atom stereocenters. The number of nitrogens with one attached hydrogen (secondary N) is 1. The van der Waals surface area contributed by atoms with Gasteiger partial charge in [0.05, 0.1) is 11.3 Å². The Hall–Kier alpha value is -2.28. The first-order valence-corrected chi connectivity index (χ1v) is 10.5. The standard InChI is InChI=1S/C19H27NO5S/c1-5-8-10-15(7-3)25-18-16(20-11-9-6-2)12-14(19(21)22)13-17(18)26(4,23)24/h5,8,10,12-13,20H,6-7,9,11H2,1-4H3,(H,21,22)/b8-5-,15-10+. The van der Waals surface area contributed by atoms with Crippen LogP contribution in [0.2, 0.25) is 0 Å². The Kier molecular flexibility index (Phi) is 8.38. The molecule has 0 bridgehead atoms. The Morgan fingerprint density at radius 3 is 2.50 bits per heavy atom. The fraction of sp³-hybridized carbons (Fsp3) is 0.421. The van der Waals surface area contributed by atoms with E-state index >= 15 is 0 Å². The van der Waals surface area contributed by atoms with Crippen LogP contribution >= 0.6 is 0 Å². The van der Waals surface area contributed by atoms with Crippen LogP contribution in [0.4, 0.5) is 5.69 Å². The van der Waals surface area contributed by atoms with Crippen LogP contribution in [-0.2, 0) is 9.84 Å². The Morgan fingerprint density at radius 2 is 2.00 bits per heavy atom. The lowest BCUT2D eigenvalue weighted by Gasteiger charge is -2.18. The van der Waals surface area contributed by atoms with Crippen LogP contribution in [0.15, 0.2) is 41.0 Å². The number of carbonyl (C=O) groups is 1. The van der Waals surface area contributed by atoms with Crippen molar-refractivity contribution in [3.8, 4) is 5.75 Å². The topological polar surface area (TPSA) is 92.7 Å². The zero-order valence-electron chi connectivity index (χ0n) is 15.7. The summed E-state index contributed by atoms with van der Waals surface area (Å²) in [6, 6.07) is 2.55. The third-order valence-electron chi connectivity index (χ3n) is 3.60. The summed E-state index contributed by atoms with van der Waals surface area (Å²) >= 11 is 0. The quantitative estimate of drug-likeness (QED) is 0.358. The zero-order chi connectivity index (χ0) is 19.7. The van der Waals surface area contributed by atoms with E-state index in [9.17, 15) is 18.3 Å². The van der Waals surface area contributed by atoms with E-state index in [0.29, 0.717) is 24.4 Å². The summed E-state index contributed by atoms with van der Waals surface area (Å²) in [7, 11) is -3.69. The molecule has 0 radical (unpaired) electrons. The maximum absolute atomic E-state index is 12.3. The first-order valence-electron chi connectivity index (χ1n) is 8.59. The first-order chi connectivity index (χ1) is 12.2. The van der Waals surface area contributed by atoms with Crippen molar-refractivity contribution in [1.29, 1.82) is 0 Å². The van der Waals surface area contributed by atoms with Crippen molar-refractivity contribution in [2.75, 3.05) is 18.1 Å². The Bertz CT molecular complexity index is 794. The summed E-state index contributed by atoms with van der Waals surface area (Å²) in [6.07, 6.45) is 8.80. The molecule has 7 heteroatoms. The predicted octanol–water partition coefficient (Wildman–Crippen LogP) is 4.25. The normalized spacial score (nSPS) is 12.4. The van der Waals surface area contributed by atoms with Crippen molar-refractivity contribution in [3.05, 3.63) is 41.7 Å². The van der Waals surface area contributed by atoms with E-state index in [2.05, 4.69) is 5.32 Å². The highest BCUT2D eigenvalue weighted by Crippen LogP contribution is 2.36. The number of ether oxygens (including phenoxy) is 1. The summed E-state index contributed by atoms with van der Waals surface area (Å²) in [5.74, 6) is -0.485. The molecule has 0 saturated carbocycles. The number of unbranched alkanes of at least 4 members (excludes halogenated alkanes) is 1. The molecule has 0 saturated heterocycles. The molecule has 1 aromatic carbocycles. The molecule has 0 unspecified atom stereocenters. The number of benzene rings is 1. The second-order valence-electron chi connectivity index (χ2n) is 5.82. The molecule has 0 heterocycles. The third kappa shape index (κ3) is 6.22. The van der Waals surface area contributed by atoms with Crippen molar-refractivity contribution < 1.29 is 23.1 Å². The van der Waals surface area contributed by atoms with E-state index in [4.69, 9.17) is 4.74 Å². The maximum atomic E-state index is 12.3. The van der Waals surface area contributed by atoms with Gasteiger partial charge in [0, 0.05) is 19.2 Å². The highest BCUT2D eigenvalue weighted by atomic mass is 32.2. The van der Waals surface area contributed by atoms with Gasteiger partial charge in [0.25, 0.3) is 0 Å². The Morgan fingerprint density at radius 1 is 1.31 bits per heavy atom. The fourth-order valence-electron chi connectivity index (χ4n) is 2.20. The average Bonchev–Trinajstić information content (AvgIpc) is 2.58. The van der Waals surface area contributed by atoms with Gasteiger partial charge in [-0.15, -0.1) is 0 Å². The number of allylic oxidation sites excluding steroid dienone is 4. The molecule has 0 aliphatic carbocycles. The number of sulfone groups is 1. The van der Waals surface area contributed by atoms with Gasteiger partial charge in [-0.25, -0.2) is 13.2 Å². The molecule has 0 amide bonds. The lowest BCUT2D eigenvalue weighted by molar-refractivity contribution is 0.0696. The van der Waals surface area contributed by atoms with Gasteiger partial charge in [-0.05, 0) is 31.6 Å². The highest BCUT2D eigenvalue weighted by molar-refractivity contribution is 7.90. The summed E-state index contributed by atoms with van der Waals surface area (Å²) in [5.41, 5.74) is 0.255. The van der Waals surface area contributed by atoms with Crippen molar-refractivity contribution in [1.82, 2.24) is 0 Å². The zero-order valence-corrected chi connectivity index (χ0v) is 16.5. The van der Waals surface area contributed by atoms with Crippen molar-refractivity contribution >= 4 is 21.5 Å². The average molecular weight is 381 g/mol. The van der Waals surface area contributed by atoms with Crippen LogP contribution in [0.5, 0.6) is 5.75 Å². The van der Waals surface area contributed by atoms with E-state index in [-0.39, 0.29) is 16.2 Å². The van der Waals surface area contributed by atoms with Gasteiger partial charge in [0.15, 0.2) is 15.6 Å². The van der Waals surface area contributed by atoms with Gasteiger partial charge >= 0.3 is 5.97 Å². The SMILES string of the molecule is C/C=C\C=C(/CC)Oc1c(NCCCC)cc(C(=O)O)cc1S(C)(=O)=O. The van der Waals surface area contributed by atoms with Crippen LogP contribution in [0, 0.1) is 0 Å². The lowest BCUT2D eigenvalue weighted by atomic mass is 10.1. The minimum absolute atomic E-state index is 0.104. The number of hydrogen-bond acceptors (Lipinski definition) is 5. The van der Waals surface area contributed by atoms with Crippen LogP contribution in [0.3, 0.4) is 0 Å². The molecule has 26 heavy (non-hydrogen) atoms. The van der Waals surface area contributed by atoms with Crippen LogP contribution in [0.1, 0.15) is 50.4 Å². The first kappa shape index (κ1) is 21.8. The molecule has 6 nitrogen and oxygen atoms in total. The number of aromatic carboxylic acids is 1. The Balaban J connectivity index is 3.56. The highest BCUT2D eigenvalue weighted by Gasteiger charge is 2.23. The number of anilines is 1. The van der Waals surface area contributed by atoms with E-state index < -0.39 is 15.8 Å². The van der Waals surface area contributed by atoms with Crippen LogP contribution < -0.4 is 10.1 Å². The molecule has 0 spiro atoms. The molecule has 144 valence electrons. The number of carboxylic acid groups (broad SMARTS) is 1.